The minimum atomic E-state index is -0.0239. The molecule has 98 valence electrons. The summed E-state index contributed by atoms with van der Waals surface area (Å²) in [5.41, 5.74) is 1.12. The first-order valence-electron chi connectivity index (χ1n) is 6.20. The first-order valence-corrected chi connectivity index (χ1v) is 6.83. The van der Waals surface area contributed by atoms with Crippen LogP contribution in [0.3, 0.4) is 0 Å². The van der Waals surface area contributed by atoms with E-state index >= 15 is 0 Å². The molecule has 0 amide bonds. The highest BCUT2D eigenvalue weighted by Crippen LogP contribution is 2.21. The second kappa shape index (κ2) is 7.00. The molecule has 2 aromatic carbocycles. The van der Waals surface area contributed by atoms with Gasteiger partial charge in [-0.25, -0.2) is 0 Å². The van der Waals surface area contributed by atoms with E-state index in [-0.39, 0.29) is 5.92 Å². The van der Waals surface area contributed by atoms with Gasteiger partial charge in [-0.2, -0.15) is 12.6 Å². The minimum Gasteiger partial charge on any atom is -0.457 e. The molecule has 0 heterocycles. The highest BCUT2D eigenvalue weighted by molar-refractivity contribution is 7.80. The number of hydrogen-bond acceptors (Lipinski definition) is 3. The first kappa shape index (κ1) is 13.7. The molecule has 2 aromatic rings. The van der Waals surface area contributed by atoms with E-state index in [1.54, 1.807) is 0 Å². The molecular formula is C16H16O2S. The van der Waals surface area contributed by atoms with Crippen LogP contribution in [0.2, 0.25) is 0 Å². The van der Waals surface area contributed by atoms with E-state index in [0.29, 0.717) is 5.75 Å². The van der Waals surface area contributed by atoms with Gasteiger partial charge >= 0.3 is 0 Å². The van der Waals surface area contributed by atoms with Crippen molar-refractivity contribution in [1.82, 2.24) is 0 Å². The summed E-state index contributed by atoms with van der Waals surface area (Å²) in [5, 5.41) is 0. The van der Waals surface area contributed by atoms with Crippen molar-refractivity contribution in [2.24, 2.45) is 5.92 Å². The SMILES string of the molecule is O=CC(CS)Cc1ccc(Oc2ccccc2)cc1. The second-order valence-corrected chi connectivity index (χ2v) is 4.71. The molecule has 2 nitrogen and oxygen atoms in total. The van der Waals surface area contributed by atoms with Crippen LogP contribution >= 0.6 is 12.6 Å². The van der Waals surface area contributed by atoms with E-state index in [4.69, 9.17) is 4.74 Å². The van der Waals surface area contributed by atoms with Gasteiger partial charge in [0, 0.05) is 11.7 Å². The molecule has 0 aromatic heterocycles. The Labute approximate surface area is 118 Å². The molecule has 1 unspecified atom stereocenters. The lowest BCUT2D eigenvalue weighted by Crippen LogP contribution is -2.07. The highest BCUT2D eigenvalue weighted by Gasteiger charge is 2.06. The van der Waals surface area contributed by atoms with Gasteiger partial charge < -0.3 is 9.53 Å². The summed E-state index contributed by atoms with van der Waals surface area (Å²) in [6.45, 7) is 0. The molecule has 0 radical (unpaired) electrons. The van der Waals surface area contributed by atoms with Gasteiger partial charge in [0.15, 0.2) is 0 Å². The number of benzene rings is 2. The molecular weight excluding hydrogens is 256 g/mol. The van der Waals surface area contributed by atoms with Crippen LogP contribution in [0.25, 0.3) is 0 Å². The lowest BCUT2D eigenvalue weighted by atomic mass is 10.0. The lowest BCUT2D eigenvalue weighted by molar-refractivity contribution is -0.110. The Morgan fingerprint density at radius 2 is 1.63 bits per heavy atom. The van der Waals surface area contributed by atoms with Crippen LogP contribution in [0.1, 0.15) is 5.56 Å². The van der Waals surface area contributed by atoms with Crippen LogP contribution in [-0.4, -0.2) is 12.0 Å². The Morgan fingerprint density at radius 3 is 2.21 bits per heavy atom. The van der Waals surface area contributed by atoms with Crippen molar-refractivity contribution in [3.8, 4) is 11.5 Å². The van der Waals surface area contributed by atoms with Crippen molar-refractivity contribution >= 4 is 18.9 Å². The number of hydrogen-bond donors (Lipinski definition) is 1. The van der Waals surface area contributed by atoms with Gasteiger partial charge in [-0.15, -0.1) is 0 Å². The van der Waals surface area contributed by atoms with Crippen LogP contribution in [0.4, 0.5) is 0 Å². The summed E-state index contributed by atoms with van der Waals surface area (Å²) in [6, 6.07) is 17.5. The van der Waals surface area contributed by atoms with Crippen LogP contribution in [0, 0.1) is 5.92 Å². The summed E-state index contributed by atoms with van der Waals surface area (Å²) in [6.07, 6.45) is 1.68. The summed E-state index contributed by atoms with van der Waals surface area (Å²) < 4.78 is 5.71. The summed E-state index contributed by atoms with van der Waals surface area (Å²) in [4.78, 5) is 10.8. The maximum Gasteiger partial charge on any atom is 0.127 e. The second-order valence-electron chi connectivity index (χ2n) is 4.34. The average Bonchev–Trinajstić information content (AvgIpc) is 2.47. The maximum absolute atomic E-state index is 10.8. The molecule has 0 saturated heterocycles. The van der Waals surface area contributed by atoms with E-state index in [2.05, 4.69) is 12.6 Å². The predicted molar refractivity (Wildman–Crippen MR) is 80.1 cm³/mol. The molecule has 0 aliphatic carbocycles. The number of carbonyl (C=O) groups is 1. The van der Waals surface area contributed by atoms with Crippen molar-refractivity contribution in [2.45, 2.75) is 6.42 Å². The average molecular weight is 272 g/mol. The number of carbonyl (C=O) groups excluding carboxylic acids is 1. The quantitative estimate of drug-likeness (QED) is 0.640. The van der Waals surface area contributed by atoms with Gasteiger partial charge in [-0.1, -0.05) is 30.3 Å². The minimum absolute atomic E-state index is 0.0239. The van der Waals surface area contributed by atoms with E-state index in [0.717, 1.165) is 29.8 Å². The van der Waals surface area contributed by atoms with Crippen molar-refractivity contribution in [3.63, 3.8) is 0 Å². The maximum atomic E-state index is 10.8. The van der Waals surface area contributed by atoms with Gasteiger partial charge in [0.1, 0.15) is 17.8 Å². The summed E-state index contributed by atoms with van der Waals surface area (Å²) in [5.74, 6) is 2.16. The number of para-hydroxylation sites is 1. The van der Waals surface area contributed by atoms with E-state index in [1.807, 2.05) is 54.6 Å². The van der Waals surface area contributed by atoms with Gasteiger partial charge in [0.25, 0.3) is 0 Å². The van der Waals surface area contributed by atoms with Gasteiger partial charge in [0.2, 0.25) is 0 Å². The first-order chi connectivity index (χ1) is 9.31. The van der Waals surface area contributed by atoms with Crippen LogP contribution in [-0.2, 0) is 11.2 Å². The fraction of sp³-hybridized carbons (Fsp3) is 0.188. The number of thiol groups is 1. The predicted octanol–water partition coefficient (Wildman–Crippen LogP) is 3.77. The smallest absolute Gasteiger partial charge is 0.127 e. The zero-order valence-electron chi connectivity index (χ0n) is 10.5. The molecule has 0 aliphatic heterocycles. The fourth-order valence-electron chi connectivity index (χ4n) is 1.78. The summed E-state index contributed by atoms with van der Waals surface area (Å²) >= 11 is 4.16. The number of aldehydes is 1. The topological polar surface area (TPSA) is 26.3 Å². The monoisotopic (exact) mass is 272 g/mol. The Balaban J connectivity index is 2.00. The van der Waals surface area contributed by atoms with Crippen LogP contribution < -0.4 is 4.74 Å². The van der Waals surface area contributed by atoms with Gasteiger partial charge in [-0.3, -0.25) is 0 Å². The normalized spacial score (nSPS) is 11.8. The van der Waals surface area contributed by atoms with Gasteiger partial charge in [-0.05, 0) is 36.2 Å². The molecule has 0 aliphatic rings. The molecule has 19 heavy (non-hydrogen) atoms. The van der Waals surface area contributed by atoms with E-state index in [9.17, 15) is 4.79 Å². The van der Waals surface area contributed by atoms with Gasteiger partial charge in [0.05, 0.1) is 0 Å². The zero-order valence-corrected chi connectivity index (χ0v) is 11.4. The number of ether oxygens (including phenoxy) is 1. The van der Waals surface area contributed by atoms with E-state index < -0.39 is 0 Å². The largest absolute Gasteiger partial charge is 0.457 e. The third kappa shape index (κ3) is 4.14. The Kier molecular flexibility index (Phi) is 5.04. The van der Waals surface area contributed by atoms with E-state index in [1.165, 1.54) is 0 Å². The third-order valence-electron chi connectivity index (χ3n) is 2.83. The fourth-order valence-corrected chi connectivity index (χ4v) is 1.99. The van der Waals surface area contributed by atoms with Crippen molar-refractivity contribution < 1.29 is 9.53 Å². The molecule has 1 atom stereocenters. The molecule has 3 heteroatoms. The Morgan fingerprint density at radius 1 is 1.00 bits per heavy atom. The molecule has 2 rings (SSSR count). The Bertz CT molecular complexity index is 508. The van der Waals surface area contributed by atoms with Crippen LogP contribution in [0.15, 0.2) is 54.6 Å². The Hall–Kier alpha value is -1.74. The third-order valence-corrected chi connectivity index (χ3v) is 3.30. The molecule has 0 N–H and O–H groups in total. The molecule has 0 bridgehead atoms. The lowest BCUT2D eigenvalue weighted by Gasteiger charge is -2.09. The van der Waals surface area contributed by atoms with Crippen molar-refractivity contribution in [3.05, 3.63) is 60.2 Å². The number of rotatable bonds is 6. The zero-order chi connectivity index (χ0) is 13.5. The standard InChI is InChI=1S/C16H16O2S/c17-11-14(12-19)10-13-6-8-16(9-7-13)18-15-4-2-1-3-5-15/h1-9,11,14,19H,10,12H2. The van der Waals surface area contributed by atoms with Crippen molar-refractivity contribution in [1.29, 1.82) is 0 Å². The van der Waals surface area contributed by atoms with Crippen molar-refractivity contribution in [2.75, 3.05) is 5.75 Å². The highest BCUT2D eigenvalue weighted by atomic mass is 32.1. The molecule has 0 fully saturated rings. The summed E-state index contributed by atoms with van der Waals surface area (Å²) in [7, 11) is 0. The molecule has 0 spiro atoms. The van der Waals surface area contributed by atoms with Crippen LogP contribution in [0.5, 0.6) is 11.5 Å². The molecule has 0 saturated carbocycles.